The van der Waals surface area contributed by atoms with E-state index >= 15 is 0 Å². The monoisotopic (exact) mass is 316 g/mol. The summed E-state index contributed by atoms with van der Waals surface area (Å²) in [6, 6.07) is 10.6. The fraction of sp³-hybridized carbons (Fsp3) is 0.176. The number of anilines is 1. The minimum atomic E-state index is -0.493. The van der Waals surface area contributed by atoms with Crippen molar-refractivity contribution in [2.24, 2.45) is 0 Å². The zero-order chi connectivity index (χ0) is 16.4. The van der Waals surface area contributed by atoms with Gasteiger partial charge in [0.2, 0.25) is 5.91 Å². The zero-order valence-electron chi connectivity index (χ0n) is 12.1. The number of halogens is 2. The molecular weight excluding hydrogens is 302 g/mol. The van der Waals surface area contributed by atoms with Gasteiger partial charge in [-0.2, -0.15) is 0 Å². The number of nitrogens with zero attached hydrogens (tertiary/aromatic N) is 1. The van der Waals surface area contributed by atoms with Gasteiger partial charge < -0.3 is 10.2 Å². The lowest BCUT2D eigenvalue weighted by molar-refractivity contribution is -0.117. The predicted octanol–water partition coefficient (Wildman–Crippen LogP) is 2.50. The average molecular weight is 316 g/mol. The summed E-state index contributed by atoms with van der Waals surface area (Å²) in [5, 5.41) is 2.72. The van der Waals surface area contributed by atoms with E-state index < -0.39 is 11.7 Å². The van der Waals surface area contributed by atoms with Crippen molar-refractivity contribution in [1.29, 1.82) is 0 Å². The number of hydrogen-bond acceptors (Lipinski definition) is 2. The second-order valence-electron chi connectivity index (χ2n) is 5.37. The van der Waals surface area contributed by atoms with Crippen molar-refractivity contribution in [3.8, 4) is 0 Å². The van der Waals surface area contributed by atoms with Gasteiger partial charge in [0.1, 0.15) is 11.6 Å². The zero-order valence-corrected chi connectivity index (χ0v) is 12.1. The number of carbonyl (C=O) groups is 2. The summed E-state index contributed by atoms with van der Waals surface area (Å²) in [6.07, 6.45) is 0.151. The van der Waals surface area contributed by atoms with Gasteiger partial charge in [-0.3, -0.25) is 9.59 Å². The Kier molecular flexibility index (Phi) is 4.06. The maximum absolute atomic E-state index is 13.1. The van der Waals surface area contributed by atoms with E-state index in [1.807, 2.05) is 0 Å². The van der Waals surface area contributed by atoms with Crippen LogP contribution in [0.15, 0.2) is 48.5 Å². The molecular formula is C17H14F2N2O2. The highest BCUT2D eigenvalue weighted by Crippen LogP contribution is 2.22. The minimum Gasteiger partial charge on any atom is -0.347 e. The predicted molar refractivity (Wildman–Crippen MR) is 81.0 cm³/mol. The lowest BCUT2D eigenvalue weighted by atomic mass is 10.2. The van der Waals surface area contributed by atoms with Gasteiger partial charge in [0, 0.05) is 24.2 Å². The Balaban J connectivity index is 1.68. The van der Waals surface area contributed by atoms with Gasteiger partial charge in [-0.25, -0.2) is 8.78 Å². The van der Waals surface area contributed by atoms with Gasteiger partial charge in [0.05, 0.1) is 6.04 Å². The highest BCUT2D eigenvalue weighted by atomic mass is 19.1. The van der Waals surface area contributed by atoms with Crippen LogP contribution in [0.25, 0.3) is 0 Å². The molecule has 1 saturated heterocycles. The Hall–Kier alpha value is -2.76. The first-order valence-electron chi connectivity index (χ1n) is 7.15. The van der Waals surface area contributed by atoms with Gasteiger partial charge in [-0.15, -0.1) is 0 Å². The van der Waals surface area contributed by atoms with Crippen LogP contribution in [-0.2, 0) is 4.79 Å². The first kappa shape index (κ1) is 15.1. The Bertz CT molecular complexity index is 747. The van der Waals surface area contributed by atoms with E-state index in [0.29, 0.717) is 12.2 Å². The van der Waals surface area contributed by atoms with E-state index in [9.17, 15) is 18.4 Å². The number of carbonyl (C=O) groups excluding carboxylic acids is 2. The normalized spacial score (nSPS) is 17.4. The summed E-state index contributed by atoms with van der Waals surface area (Å²) < 4.78 is 26.1. The molecule has 1 heterocycles. The van der Waals surface area contributed by atoms with Crippen LogP contribution in [0.3, 0.4) is 0 Å². The van der Waals surface area contributed by atoms with Gasteiger partial charge >= 0.3 is 0 Å². The molecule has 0 bridgehead atoms. The van der Waals surface area contributed by atoms with Crippen molar-refractivity contribution in [1.82, 2.24) is 5.32 Å². The minimum absolute atomic E-state index is 0.151. The first-order valence-corrected chi connectivity index (χ1v) is 7.15. The maximum atomic E-state index is 13.1. The molecule has 2 aromatic rings. The summed E-state index contributed by atoms with van der Waals surface area (Å²) in [5.41, 5.74) is 0.789. The SMILES string of the molecule is O=C(NC1CC(=O)N(c2ccc(F)cc2)C1)c1cccc(F)c1. The van der Waals surface area contributed by atoms with Crippen molar-refractivity contribution in [3.05, 3.63) is 65.7 Å². The Morgan fingerprint density at radius 1 is 1.09 bits per heavy atom. The van der Waals surface area contributed by atoms with E-state index in [1.54, 1.807) is 0 Å². The summed E-state index contributed by atoms with van der Waals surface area (Å²) >= 11 is 0. The summed E-state index contributed by atoms with van der Waals surface area (Å²) in [6.45, 7) is 0.297. The van der Waals surface area contributed by atoms with Gasteiger partial charge in [0.25, 0.3) is 5.91 Å². The van der Waals surface area contributed by atoms with E-state index in [1.165, 1.54) is 47.4 Å². The molecule has 1 N–H and O–H groups in total. The molecule has 118 valence electrons. The summed E-state index contributed by atoms with van der Waals surface area (Å²) in [4.78, 5) is 25.6. The average Bonchev–Trinajstić information content (AvgIpc) is 2.88. The molecule has 0 aromatic heterocycles. The highest BCUT2D eigenvalue weighted by Gasteiger charge is 2.31. The molecule has 1 fully saturated rings. The van der Waals surface area contributed by atoms with E-state index in [0.717, 1.165) is 6.07 Å². The van der Waals surface area contributed by atoms with Crippen LogP contribution in [0, 0.1) is 11.6 Å². The van der Waals surface area contributed by atoms with E-state index in [4.69, 9.17) is 0 Å². The fourth-order valence-corrected chi connectivity index (χ4v) is 2.57. The van der Waals surface area contributed by atoms with Crippen LogP contribution in [0.2, 0.25) is 0 Å². The maximum Gasteiger partial charge on any atom is 0.251 e. The molecule has 0 aliphatic carbocycles. The van der Waals surface area contributed by atoms with Crippen molar-refractivity contribution < 1.29 is 18.4 Å². The topological polar surface area (TPSA) is 49.4 Å². The molecule has 1 atom stereocenters. The number of amides is 2. The molecule has 0 radical (unpaired) electrons. The van der Waals surface area contributed by atoms with E-state index in [2.05, 4.69) is 5.32 Å². The standard InChI is InChI=1S/C17H14F2N2O2/c18-12-4-6-15(7-5-12)21-10-14(9-16(21)22)20-17(23)11-2-1-3-13(19)8-11/h1-8,14H,9-10H2,(H,20,23). The Morgan fingerprint density at radius 2 is 1.83 bits per heavy atom. The molecule has 2 aromatic carbocycles. The van der Waals surface area contributed by atoms with Crippen molar-refractivity contribution in [3.63, 3.8) is 0 Å². The number of nitrogens with one attached hydrogen (secondary N) is 1. The van der Waals surface area contributed by atoms with Gasteiger partial charge in [-0.05, 0) is 42.5 Å². The second-order valence-corrected chi connectivity index (χ2v) is 5.37. The molecule has 6 heteroatoms. The largest absolute Gasteiger partial charge is 0.347 e. The van der Waals surface area contributed by atoms with Crippen LogP contribution in [-0.4, -0.2) is 24.4 Å². The van der Waals surface area contributed by atoms with Crippen molar-refractivity contribution >= 4 is 17.5 Å². The number of rotatable bonds is 3. The molecule has 0 spiro atoms. The van der Waals surface area contributed by atoms with Gasteiger partial charge in [-0.1, -0.05) is 6.07 Å². The Labute approximate surface area is 131 Å². The molecule has 3 rings (SSSR count). The summed E-state index contributed by atoms with van der Waals surface area (Å²) in [7, 11) is 0. The molecule has 23 heavy (non-hydrogen) atoms. The quantitative estimate of drug-likeness (QED) is 0.946. The molecule has 0 saturated carbocycles. The fourth-order valence-electron chi connectivity index (χ4n) is 2.57. The van der Waals surface area contributed by atoms with Crippen molar-refractivity contribution in [2.45, 2.75) is 12.5 Å². The lowest BCUT2D eigenvalue weighted by Gasteiger charge is -2.17. The third-order valence-corrected chi connectivity index (χ3v) is 3.69. The van der Waals surface area contributed by atoms with Crippen molar-refractivity contribution in [2.75, 3.05) is 11.4 Å². The molecule has 2 amide bonds. The van der Waals surface area contributed by atoms with Crippen LogP contribution < -0.4 is 10.2 Å². The molecule has 4 nitrogen and oxygen atoms in total. The third-order valence-electron chi connectivity index (χ3n) is 3.69. The number of hydrogen-bond donors (Lipinski definition) is 1. The van der Waals surface area contributed by atoms with Crippen LogP contribution in [0.4, 0.5) is 14.5 Å². The van der Waals surface area contributed by atoms with Crippen LogP contribution in [0.5, 0.6) is 0 Å². The van der Waals surface area contributed by atoms with E-state index in [-0.39, 0.29) is 29.8 Å². The third kappa shape index (κ3) is 3.36. The number of benzene rings is 2. The smallest absolute Gasteiger partial charge is 0.251 e. The molecule has 1 unspecified atom stereocenters. The van der Waals surface area contributed by atoms with Crippen LogP contribution in [0.1, 0.15) is 16.8 Å². The molecule has 1 aliphatic heterocycles. The first-order chi connectivity index (χ1) is 11.0. The van der Waals surface area contributed by atoms with Crippen LogP contribution >= 0.6 is 0 Å². The Morgan fingerprint density at radius 3 is 2.52 bits per heavy atom. The van der Waals surface area contributed by atoms with Gasteiger partial charge in [0.15, 0.2) is 0 Å². The highest BCUT2D eigenvalue weighted by molar-refractivity contribution is 5.98. The lowest BCUT2D eigenvalue weighted by Crippen LogP contribution is -2.37. The second kappa shape index (κ2) is 6.16. The molecule has 1 aliphatic rings. The summed E-state index contributed by atoms with van der Waals surface area (Å²) in [5.74, 6) is -1.45.